The van der Waals surface area contributed by atoms with E-state index in [2.05, 4.69) is 29.6 Å². The molecule has 0 saturated heterocycles. The summed E-state index contributed by atoms with van der Waals surface area (Å²) in [6.45, 7) is 2.21. The predicted molar refractivity (Wildman–Crippen MR) is 107 cm³/mol. The lowest BCUT2D eigenvalue weighted by molar-refractivity contribution is -0.118. The molecule has 0 fully saturated rings. The van der Waals surface area contributed by atoms with Crippen LogP contribution in [-0.4, -0.2) is 33.6 Å². The van der Waals surface area contributed by atoms with Crippen molar-refractivity contribution in [1.29, 1.82) is 0 Å². The van der Waals surface area contributed by atoms with Crippen LogP contribution >= 0.6 is 23.1 Å². The summed E-state index contributed by atoms with van der Waals surface area (Å²) in [5.41, 5.74) is 3.11. The number of thioether (sulfide) groups is 1. The highest BCUT2D eigenvalue weighted by molar-refractivity contribution is 7.99. The molecule has 2 aromatic heterocycles. The molecular formula is C19H18N4OS2. The summed E-state index contributed by atoms with van der Waals surface area (Å²) in [5.74, 6) is 0.827. The molecule has 26 heavy (non-hydrogen) atoms. The van der Waals surface area contributed by atoms with Gasteiger partial charge in [-0.15, -0.1) is 11.3 Å². The number of carbonyl (C=O) groups is 1. The van der Waals surface area contributed by atoms with Crippen LogP contribution in [0.25, 0.3) is 11.3 Å². The van der Waals surface area contributed by atoms with Crippen molar-refractivity contribution >= 4 is 34.7 Å². The van der Waals surface area contributed by atoms with Crippen molar-refractivity contribution in [3.63, 3.8) is 0 Å². The Hall–Kier alpha value is -2.38. The van der Waals surface area contributed by atoms with E-state index in [-0.39, 0.29) is 5.91 Å². The zero-order valence-corrected chi connectivity index (χ0v) is 15.9. The van der Waals surface area contributed by atoms with Gasteiger partial charge in [0, 0.05) is 29.7 Å². The Kier molecular flexibility index (Phi) is 4.90. The Labute approximate surface area is 160 Å². The summed E-state index contributed by atoms with van der Waals surface area (Å²) in [6, 6.07) is 14.4. The monoisotopic (exact) mass is 382 g/mol. The van der Waals surface area contributed by atoms with Gasteiger partial charge in [0.15, 0.2) is 5.16 Å². The highest BCUT2D eigenvalue weighted by Gasteiger charge is 2.18. The van der Waals surface area contributed by atoms with Gasteiger partial charge in [-0.05, 0) is 18.6 Å². The summed E-state index contributed by atoms with van der Waals surface area (Å²) in [6.07, 6.45) is 2.83. The Morgan fingerprint density at radius 2 is 2.08 bits per heavy atom. The van der Waals surface area contributed by atoms with E-state index in [1.807, 2.05) is 29.1 Å². The normalized spacial score (nSPS) is 13.2. The molecule has 0 radical (unpaired) electrons. The van der Waals surface area contributed by atoms with Gasteiger partial charge in [0.1, 0.15) is 0 Å². The lowest BCUT2D eigenvalue weighted by Crippen LogP contribution is -2.22. The number of hydrogen-bond acceptors (Lipinski definition) is 5. The third kappa shape index (κ3) is 3.73. The molecule has 0 saturated carbocycles. The lowest BCUT2D eigenvalue weighted by atomic mass is 10.2. The number of amides is 1. The Balaban J connectivity index is 1.52. The third-order valence-electron chi connectivity index (χ3n) is 3.98. The molecule has 3 aromatic rings. The van der Waals surface area contributed by atoms with Gasteiger partial charge in [-0.25, -0.2) is 9.66 Å². The van der Waals surface area contributed by atoms with Crippen LogP contribution in [0, 0.1) is 0 Å². The maximum Gasteiger partial charge on any atom is 0.216 e. The van der Waals surface area contributed by atoms with Crippen molar-refractivity contribution in [2.45, 2.75) is 18.5 Å². The van der Waals surface area contributed by atoms with Gasteiger partial charge in [0.05, 0.1) is 22.5 Å². The minimum atomic E-state index is 0.0108. The highest BCUT2D eigenvalue weighted by atomic mass is 32.2. The van der Waals surface area contributed by atoms with E-state index in [0.29, 0.717) is 6.54 Å². The van der Waals surface area contributed by atoms with Crippen LogP contribution in [0.4, 0.5) is 0 Å². The fraction of sp³-hybridized carbons (Fsp3) is 0.211. The molecule has 0 atom stereocenters. The van der Waals surface area contributed by atoms with Gasteiger partial charge < -0.3 is 5.32 Å². The van der Waals surface area contributed by atoms with Crippen LogP contribution in [0.5, 0.6) is 0 Å². The van der Waals surface area contributed by atoms with Crippen molar-refractivity contribution in [3.8, 4) is 11.3 Å². The van der Waals surface area contributed by atoms with Crippen LogP contribution in [0.3, 0.4) is 0 Å². The number of hydrogen-bond donors (Lipinski definition) is 1. The van der Waals surface area contributed by atoms with Crippen LogP contribution in [-0.2, 0) is 11.2 Å². The Morgan fingerprint density at radius 1 is 1.23 bits per heavy atom. The molecule has 3 heterocycles. The van der Waals surface area contributed by atoms with Crippen LogP contribution in [0.2, 0.25) is 0 Å². The largest absolute Gasteiger partial charge is 0.356 e. The van der Waals surface area contributed by atoms with Crippen molar-refractivity contribution in [1.82, 2.24) is 15.0 Å². The molecular weight excluding hydrogens is 364 g/mol. The molecule has 1 aliphatic heterocycles. The lowest BCUT2D eigenvalue weighted by Gasteiger charge is -2.11. The van der Waals surface area contributed by atoms with E-state index < -0.39 is 0 Å². The number of carbonyl (C=O) groups excluding carboxylic acids is 1. The topological polar surface area (TPSA) is 59.3 Å². The number of aromatic nitrogens is 2. The number of nitrogens with zero attached hydrogens (tertiary/aromatic N) is 3. The Morgan fingerprint density at radius 3 is 2.88 bits per heavy atom. The third-order valence-corrected chi connectivity index (χ3v) is 6.13. The number of benzene rings is 1. The molecule has 1 aliphatic rings. The van der Waals surface area contributed by atoms with Gasteiger partial charge in [-0.3, -0.25) is 4.79 Å². The SMILES string of the molecule is CC(=O)NCCc1ccc(C2=Nn3cc(-c4ccccc4)nc3SC2)s1. The number of imidazole rings is 1. The quantitative estimate of drug-likeness (QED) is 0.733. The van der Waals surface area contributed by atoms with Gasteiger partial charge in [0.2, 0.25) is 5.91 Å². The summed E-state index contributed by atoms with van der Waals surface area (Å²) >= 11 is 3.45. The fourth-order valence-corrected chi connectivity index (χ4v) is 4.66. The van der Waals surface area contributed by atoms with Crippen LogP contribution < -0.4 is 5.32 Å². The van der Waals surface area contributed by atoms with E-state index in [1.54, 1.807) is 30.0 Å². The Bertz CT molecular complexity index is 959. The second-order valence-electron chi connectivity index (χ2n) is 5.95. The van der Waals surface area contributed by atoms with Crippen LogP contribution in [0.1, 0.15) is 16.7 Å². The molecule has 1 N–H and O–H groups in total. The first-order chi connectivity index (χ1) is 12.7. The van der Waals surface area contributed by atoms with Crippen LogP contribution in [0.15, 0.2) is 58.9 Å². The molecule has 132 valence electrons. The minimum Gasteiger partial charge on any atom is -0.356 e. The van der Waals surface area contributed by atoms with Gasteiger partial charge in [0.25, 0.3) is 0 Å². The second-order valence-corrected chi connectivity index (χ2v) is 8.06. The predicted octanol–water partition coefficient (Wildman–Crippen LogP) is 3.65. The van der Waals surface area contributed by atoms with Crippen molar-refractivity contribution in [3.05, 3.63) is 58.4 Å². The van der Waals surface area contributed by atoms with Gasteiger partial charge in [-0.1, -0.05) is 42.1 Å². The van der Waals surface area contributed by atoms with E-state index in [1.165, 1.54) is 9.75 Å². The molecule has 1 aromatic carbocycles. The standard InChI is InChI=1S/C19H18N4OS2/c1-13(24)20-10-9-15-7-8-18(26-15)17-12-25-19-21-16(11-23(19)22-17)14-5-3-2-4-6-14/h2-8,11H,9-10,12H2,1H3,(H,20,24). The summed E-state index contributed by atoms with van der Waals surface area (Å²) in [4.78, 5) is 18.1. The molecule has 4 rings (SSSR count). The highest BCUT2D eigenvalue weighted by Crippen LogP contribution is 2.29. The van der Waals surface area contributed by atoms with Gasteiger partial charge in [-0.2, -0.15) is 5.10 Å². The summed E-state index contributed by atoms with van der Waals surface area (Å²) in [7, 11) is 0. The maximum atomic E-state index is 11.0. The number of nitrogens with one attached hydrogen (secondary N) is 1. The molecule has 0 unspecified atom stereocenters. The van der Waals surface area contributed by atoms with E-state index in [0.717, 1.165) is 34.3 Å². The fourth-order valence-electron chi connectivity index (χ4n) is 2.71. The molecule has 5 nitrogen and oxygen atoms in total. The first-order valence-electron chi connectivity index (χ1n) is 8.38. The number of thiophene rings is 1. The van der Waals surface area contributed by atoms with Gasteiger partial charge >= 0.3 is 0 Å². The zero-order chi connectivity index (χ0) is 17.9. The average Bonchev–Trinajstić information content (AvgIpc) is 3.28. The summed E-state index contributed by atoms with van der Waals surface area (Å²) in [5, 5.41) is 8.54. The zero-order valence-electron chi connectivity index (χ0n) is 14.3. The summed E-state index contributed by atoms with van der Waals surface area (Å²) < 4.78 is 1.88. The van der Waals surface area contributed by atoms with E-state index in [4.69, 9.17) is 10.1 Å². The van der Waals surface area contributed by atoms with Crippen molar-refractivity contribution < 1.29 is 4.79 Å². The molecule has 0 spiro atoms. The minimum absolute atomic E-state index is 0.0108. The molecule has 0 bridgehead atoms. The molecule has 0 aliphatic carbocycles. The molecule has 7 heteroatoms. The molecule has 1 amide bonds. The van der Waals surface area contributed by atoms with E-state index in [9.17, 15) is 4.79 Å². The second kappa shape index (κ2) is 7.47. The maximum absolute atomic E-state index is 11.0. The smallest absolute Gasteiger partial charge is 0.216 e. The number of fused-ring (bicyclic) bond motifs is 1. The van der Waals surface area contributed by atoms with Crippen molar-refractivity contribution in [2.24, 2.45) is 5.10 Å². The van der Waals surface area contributed by atoms with Crippen molar-refractivity contribution in [2.75, 3.05) is 12.3 Å². The average molecular weight is 383 g/mol. The number of rotatable bonds is 5. The first-order valence-corrected chi connectivity index (χ1v) is 10.2. The van der Waals surface area contributed by atoms with E-state index >= 15 is 0 Å². The first kappa shape index (κ1) is 17.1.